The van der Waals surface area contributed by atoms with Crippen molar-refractivity contribution < 1.29 is 26.7 Å². The summed E-state index contributed by atoms with van der Waals surface area (Å²) < 4.78 is 66.6. The highest BCUT2D eigenvalue weighted by Gasteiger charge is 2.34. The second-order valence-corrected chi connectivity index (χ2v) is 4.76. The van der Waals surface area contributed by atoms with Gasteiger partial charge < -0.3 is 4.74 Å². The van der Waals surface area contributed by atoms with Crippen LogP contribution in [0.3, 0.4) is 0 Å². The number of ether oxygens (including phenoxy) is 1. The fourth-order valence-corrected chi connectivity index (χ4v) is 1.88. The van der Waals surface area contributed by atoms with Crippen LogP contribution in [0.2, 0.25) is 0 Å². The van der Waals surface area contributed by atoms with Gasteiger partial charge in [0.1, 0.15) is 0 Å². The zero-order valence-corrected chi connectivity index (χ0v) is 12.3. The maximum absolute atomic E-state index is 13.6. The largest absolute Gasteiger partial charge is 0.573 e. The van der Waals surface area contributed by atoms with E-state index in [-0.39, 0.29) is 5.56 Å². The molecule has 0 aromatic heterocycles. The molecule has 0 fully saturated rings. The second-order valence-electron chi connectivity index (χ2n) is 4.76. The average Bonchev–Trinajstić information content (AvgIpc) is 2.50. The second kappa shape index (κ2) is 7.18. The summed E-state index contributed by atoms with van der Waals surface area (Å²) in [6.07, 6.45) is -2.73. The van der Waals surface area contributed by atoms with Crippen molar-refractivity contribution in [3.63, 3.8) is 0 Å². The molecular weight excluding hydrogens is 327 g/mol. The van der Waals surface area contributed by atoms with Crippen LogP contribution < -0.4 is 4.74 Å². The number of hydrogen-bond donors (Lipinski definition) is 0. The van der Waals surface area contributed by atoms with Crippen molar-refractivity contribution in [2.75, 3.05) is 0 Å². The van der Waals surface area contributed by atoms with E-state index in [2.05, 4.69) is 23.2 Å². The molecule has 6 heteroatoms. The van der Waals surface area contributed by atoms with E-state index in [1.54, 1.807) is 18.2 Å². The van der Waals surface area contributed by atoms with Crippen molar-refractivity contribution in [3.05, 3.63) is 77.4 Å². The zero-order chi connectivity index (χ0) is 17.7. The minimum absolute atomic E-state index is 0.102. The molecule has 24 heavy (non-hydrogen) atoms. The quantitative estimate of drug-likeness (QED) is 0.435. The Morgan fingerprint density at radius 1 is 0.958 bits per heavy atom. The third-order valence-corrected chi connectivity index (χ3v) is 2.90. The van der Waals surface area contributed by atoms with E-state index < -0.39 is 23.7 Å². The van der Waals surface area contributed by atoms with E-state index in [0.29, 0.717) is 24.1 Å². The molecule has 0 aliphatic heterocycles. The lowest BCUT2D eigenvalue weighted by molar-refractivity contribution is -0.276. The Bertz CT molecular complexity index is 772. The molecule has 2 rings (SSSR count). The summed E-state index contributed by atoms with van der Waals surface area (Å²) in [5.74, 6) is 0.731. The smallest absolute Gasteiger partial charge is 0.399 e. The van der Waals surface area contributed by atoms with E-state index >= 15 is 0 Å². The van der Waals surface area contributed by atoms with E-state index in [1.807, 2.05) is 12.1 Å². The van der Waals surface area contributed by atoms with Crippen LogP contribution in [0.5, 0.6) is 5.75 Å². The lowest BCUT2D eigenvalue weighted by Gasteiger charge is -2.10. The topological polar surface area (TPSA) is 9.23 Å². The van der Waals surface area contributed by atoms with Gasteiger partial charge in [0, 0.05) is 11.1 Å². The molecule has 0 unspecified atom stereocenters. The molecule has 0 bridgehead atoms. The van der Waals surface area contributed by atoms with Gasteiger partial charge in [-0.2, -0.15) is 0 Å². The van der Waals surface area contributed by atoms with Crippen LogP contribution in [0.4, 0.5) is 22.0 Å². The summed E-state index contributed by atoms with van der Waals surface area (Å²) in [5.41, 5.74) is 1.52. The minimum atomic E-state index is -5.18. The van der Waals surface area contributed by atoms with Crippen molar-refractivity contribution in [1.29, 1.82) is 0 Å². The number of alkyl halides is 3. The number of hydrogen-bond acceptors (Lipinski definition) is 1. The van der Waals surface area contributed by atoms with Gasteiger partial charge in [-0.3, -0.25) is 0 Å². The number of halogens is 5. The lowest BCUT2D eigenvalue weighted by Crippen LogP contribution is -2.19. The van der Waals surface area contributed by atoms with Crippen LogP contribution in [0, 0.1) is 23.5 Å². The van der Waals surface area contributed by atoms with Crippen molar-refractivity contribution in [2.24, 2.45) is 0 Å². The summed E-state index contributed by atoms with van der Waals surface area (Å²) in [6, 6.07) is 8.46. The zero-order valence-electron chi connectivity index (χ0n) is 12.3. The Kier molecular flexibility index (Phi) is 5.24. The molecule has 0 saturated heterocycles. The molecule has 0 radical (unpaired) electrons. The first kappa shape index (κ1) is 17.5. The van der Waals surface area contributed by atoms with Crippen LogP contribution >= 0.6 is 0 Å². The summed E-state index contributed by atoms with van der Waals surface area (Å²) in [5, 5.41) is 0. The maximum Gasteiger partial charge on any atom is 0.573 e. The Morgan fingerprint density at radius 3 is 2.00 bits per heavy atom. The van der Waals surface area contributed by atoms with Gasteiger partial charge in [0.05, 0.1) is 0 Å². The third-order valence-electron chi connectivity index (χ3n) is 2.90. The fourth-order valence-electron chi connectivity index (χ4n) is 1.88. The van der Waals surface area contributed by atoms with Gasteiger partial charge in [0.15, 0.2) is 11.6 Å². The Morgan fingerprint density at radius 2 is 1.50 bits per heavy atom. The summed E-state index contributed by atoms with van der Waals surface area (Å²) in [7, 11) is 0. The van der Waals surface area contributed by atoms with Crippen LogP contribution in [0.15, 0.2) is 49.1 Å². The molecule has 0 saturated carbocycles. The van der Waals surface area contributed by atoms with Gasteiger partial charge >= 0.3 is 6.36 Å². The van der Waals surface area contributed by atoms with E-state index in [1.165, 1.54) is 0 Å². The SMILES string of the molecule is C=CCc1ccc(C#Cc2cc(F)c(OC(F)(F)F)c(F)c2)cc1. The monoisotopic (exact) mass is 338 g/mol. The molecule has 0 heterocycles. The highest BCUT2D eigenvalue weighted by Crippen LogP contribution is 2.29. The van der Waals surface area contributed by atoms with Gasteiger partial charge in [-0.1, -0.05) is 30.0 Å². The van der Waals surface area contributed by atoms with Crippen LogP contribution in [0.1, 0.15) is 16.7 Å². The minimum Gasteiger partial charge on any atom is -0.399 e. The standard InChI is InChI=1S/C18H11F5O/c1-2-3-12-4-6-13(7-5-12)8-9-14-10-15(19)17(16(20)11-14)24-18(21,22)23/h2,4-7,10-11H,1,3H2. The summed E-state index contributed by atoms with van der Waals surface area (Å²) in [6.45, 7) is 3.62. The molecule has 0 N–H and O–H groups in total. The highest BCUT2D eigenvalue weighted by molar-refractivity contribution is 5.46. The molecule has 0 atom stereocenters. The van der Waals surface area contributed by atoms with Gasteiger partial charge in [-0.05, 0) is 36.2 Å². The average molecular weight is 338 g/mol. The molecule has 1 nitrogen and oxygen atoms in total. The number of rotatable bonds is 3. The van der Waals surface area contributed by atoms with Gasteiger partial charge in [-0.25, -0.2) is 8.78 Å². The first-order chi connectivity index (χ1) is 11.3. The van der Waals surface area contributed by atoms with Crippen LogP contribution in [-0.4, -0.2) is 6.36 Å². The predicted molar refractivity (Wildman–Crippen MR) is 79.4 cm³/mol. The highest BCUT2D eigenvalue weighted by atomic mass is 19.4. The molecule has 124 valence electrons. The van der Waals surface area contributed by atoms with E-state index in [9.17, 15) is 22.0 Å². The predicted octanol–water partition coefficient (Wildman–Crippen LogP) is 4.99. The third kappa shape index (κ3) is 4.85. The van der Waals surface area contributed by atoms with Crippen molar-refractivity contribution in [3.8, 4) is 17.6 Å². The van der Waals surface area contributed by atoms with Crippen molar-refractivity contribution in [1.82, 2.24) is 0 Å². The van der Waals surface area contributed by atoms with E-state index in [0.717, 1.165) is 5.56 Å². The fraction of sp³-hybridized carbons (Fsp3) is 0.111. The van der Waals surface area contributed by atoms with Crippen LogP contribution in [-0.2, 0) is 6.42 Å². The molecule has 2 aromatic carbocycles. The molecule has 0 aliphatic carbocycles. The van der Waals surface area contributed by atoms with Gasteiger partial charge in [0.25, 0.3) is 0 Å². The Labute approximate surface area is 135 Å². The number of allylic oxidation sites excluding steroid dienone is 1. The molecule has 0 amide bonds. The van der Waals surface area contributed by atoms with E-state index in [4.69, 9.17) is 0 Å². The Hall–Kier alpha value is -2.81. The normalized spacial score (nSPS) is 10.7. The van der Waals surface area contributed by atoms with Crippen molar-refractivity contribution in [2.45, 2.75) is 12.8 Å². The molecular formula is C18H11F5O. The number of benzene rings is 2. The molecule has 0 spiro atoms. The van der Waals surface area contributed by atoms with Gasteiger partial charge in [-0.15, -0.1) is 19.8 Å². The summed E-state index contributed by atoms with van der Waals surface area (Å²) >= 11 is 0. The first-order valence-corrected chi connectivity index (χ1v) is 6.75. The molecule has 0 aliphatic rings. The Balaban J connectivity index is 2.24. The lowest BCUT2D eigenvalue weighted by atomic mass is 10.1. The first-order valence-electron chi connectivity index (χ1n) is 6.75. The van der Waals surface area contributed by atoms with Crippen molar-refractivity contribution >= 4 is 0 Å². The molecule has 2 aromatic rings. The van der Waals surface area contributed by atoms with Crippen LogP contribution in [0.25, 0.3) is 0 Å². The van der Waals surface area contributed by atoms with Gasteiger partial charge in [0.2, 0.25) is 5.75 Å². The maximum atomic E-state index is 13.6. The summed E-state index contributed by atoms with van der Waals surface area (Å²) in [4.78, 5) is 0.